The second-order valence-electron chi connectivity index (χ2n) is 5.74. The van der Waals surface area contributed by atoms with Gasteiger partial charge < -0.3 is 4.57 Å². The van der Waals surface area contributed by atoms with Crippen LogP contribution in [-0.4, -0.2) is 17.6 Å². The first-order chi connectivity index (χ1) is 7.55. The molecule has 0 saturated heterocycles. The van der Waals surface area contributed by atoms with Gasteiger partial charge in [-0.25, -0.2) is 4.98 Å². The maximum absolute atomic E-state index is 4.19. The minimum atomic E-state index is -1.13. The first kappa shape index (κ1) is 13.5. The van der Waals surface area contributed by atoms with Crippen LogP contribution in [0.15, 0.2) is 18.7 Å². The standard InChI is InChI=1S/C13H26N2Si/c1-5-6-7-8-9-13(16(2,3)4)15-11-10-14-12-15/h10-13H,5-9H2,1-4H3. The molecule has 0 aliphatic carbocycles. The fourth-order valence-corrected chi connectivity index (χ4v) is 4.36. The number of unbranched alkanes of at least 4 members (excludes halogenated alkanes) is 3. The molecule has 0 bridgehead atoms. The van der Waals surface area contributed by atoms with Gasteiger partial charge in [0.15, 0.2) is 0 Å². The molecule has 0 saturated carbocycles. The van der Waals surface area contributed by atoms with Crippen LogP contribution in [0.3, 0.4) is 0 Å². The average molecular weight is 238 g/mol. The van der Waals surface area contributed by atoms with Crippen LogP contribution in [0.25, 0.3) is 0 Å². The van der Waals surface area contributed by atoms with Crippen molar-refractivity contribution < 1.29 is 0 Å². The summed E-state index contributed by atoms with van der Waals surface area (Å²) in [5.74, 6) is 0. The number of hydrogen-bond acceptors (Lipinski definition) is 1. The Bertz CT molecular complexity index is 275. The van der Waals surface area contributed by atoms with E-state index in [-0.39, 0.29) is 0 Å². The Balaban J connectivity index is 2.53. The van der Waals surface area contributed by atoms with Gasteiger partial charge in [-0.1, -0.05) is 52.2 Å². The Morgan fingerprint density at radius 3 is 2.44 bits per heavy atom. The van der Waals surface area contributed by atoms with Crippen molar-refractivity contribution in [3.63, 3.8) is 0 Å². The lowest BCUT2D eigenvalue weighted by atomic mass is 10.1. The summed E-state index contributed by atoms with van der Waals surface area (Å²) in [4.78, 5) is 4.19. The van der Waals surface area contributed by atoms with Gasteiger partial charge in [-0.3, -0.25) is 0 Å². The maximum Gasteiger partial charge on any atom is 0.0945 e. The average Bonchev–Trinajstić information content (AvgIpc) is 2.68. The predicted octanol–water partition coefficient (Wildman–Crippen LogP) is 4.27. The highest BCUT2D eigenvalue weighted by Gasteiger charge is 2.27. The Hall–Kier alpha value is -0.573. The van der Waals surface area contributed by atoms with Crippen molar-refractivity contribution in [1.82, 2.24) is 9.55 Å². The Morgan fingerprint density at radius 2 is 1.94 bits per heavy atom. The van der Waals surface area contributed by atoms with Gasteiger partial charge in [0.2, 0.25) is 0 Å². The van der Waals surface area contributed by atoms with Crippen LogP contribution in [-0.2, 0) is 0 Å². The van der Waals surface area contributed by atoms with Crippen LogP contribution in [0.5, 0.6) is 0 Å². The molecule has 0 spiro atoms. The largest absolute Gasteiger partial charge is 0.337 e. The topological polar surface area (TPSA) is 17.8 Å². The highest BCUT2D eigenvalue weighted by molar-refractivity contribution is 6.76. The molecule has 1 rings (SSSR count). The van der Waals surface area contributed by atoms with Crippen molar-refractivity contribution in [3.8, 4) is 0 Å². The number of nitrogens with zero attached hydrogens (tertiary/aromatic N) is 2. The molecule has 16 heavy (non-hydrogen) atoms. The molecule has 0 radical (unpaired) electrons. The van der Waals surface area contributed by atoms with Crippen LogP contribution in [0.2, 0.25) is 19.6 Å². The summed E-state index contributed by atoms with van der Waals surface area (Å²) in [5.41, 5.74) is 0.715. The normalized spacial score (nSPS) is 14.0. The molecule has 3 heteroatoms. The molecule has 1 aromatic heterocycles. The third-order valence-electron chi connectivity index (χ3n) is 3.22. The van der Waals surface area contributed by atoms with Crippen LogP contribution >= 0.6 is 0 Å². The van der Waals surface area contributed by atoms with Gasteiger partial charge in [0.25, 0.3) is 0 Å². The zero-order valence-corrected chi connectivity index (χ0v) is 12.2. The quantitative estimate of drug-likeness (QED) is 0.512. The van der Waals surface area contributed by atoms with Crippen molar-refractivity contribution in [2.45, 2.75) is 64.3 Å². The van der Waals surface area contributed by atoms with E-state index >= 15 is 0 Å². The molecule has 92 valence electrons. The van der Waals surface area contributed by atoms with Crippen molar-refractivity contribution in [3.05, 3.63) is 18.7 Å². The lowest BCUT2D eigenvalue weighted by molar-refractivity contribution is 0.534. The first-order valence-electron chi connectivity index (χ1n) is 6.53. The molecular formula is C13H26N2Si. The summed E-state index contributed by atoms with van der Waals surface area (Å²) in [6.07, 6.45) is 12.8. The van der Waals surface area contributed by atoms with Crippen molar-refractivity contribution in [1.29, 1.82) is 0 Å². The highest BCUT2D eigenvalue weighted by Crippen LogP contribution is 2.26. The third kappa shape index (κ3) is 4.12. The zero-order valence-electron chi connectivity index (χ0n) is 11.2. The Kier molecular flexibility index (Phi) is 5.26. The predicted molar refractivity (Wildman–Crippen MR) is 73.4 cm³/mol. The van der Waals surface area contributed by atoms with Gasteiger partial charge in [0.1, 0.15) is 0 Å². The van der Waals surface area contributed by atoms with Crippen LogP contribution in [0.1, 0.15) is 44.7 Å². The van der Waals surface area contributed by atoms with Crippen LogP contribution in [0.4, 0.5) is 0 Å². The molecule has 0 N–H and O–H groups in total. The number of rotatable bonds is 7. The van der Waals surface area contributed by atoms with Crippen molar-refractivity contribution >= 4 is 8.07 Å². The van der Waals surface area contributed by atoms with E-state index in [1.54, 1.807) is 0 Å². The molecule has 1 aromatic rings. The summed E-state index contributed by atoms with van der Waals surface area (Å²) in [6, 6.07) is 0. The fourth-order valence-electron chi connectivity index (χ4n) is 2.25. The Morgan fingerprint density at radius 1 is 1.19 bits per heavy atom. The van der Waals surface area contributed by atoms with Crippen LogP contribution in [0, 0.1) is 0 Å². The summed E-state index contributed by atoms with van der Waals surface area (Å²) in [5, 5.41) is 0. The Labute approximate surface area is 101 Å². The van der Waals surface area contributed by atoms with E-state index in [0.717, 1.165) is 0 Å². The molecule has 0 aliphatic rings. The smallest absolute Gasteiger partial charge is 0.0945 e. The van der Waals surface area contributed by atoms with E-state index in [1.807, 2.05) is 12.5 Å². The molecule has 1 unspecified atom stereocenters. The van der Waals surface area contributed by atoms with Gasteiger partial charge >= 0.3 is 0 Å². The molecule has 1 atom stereocenters. The summed E-state index contributed by atoms with van der Waals surface area (Å²) in [7, 11) is -1.13. The summed E-state index contributed by atoms with van der Waals surface area (Å²) in [6.45, 7) is 9.64. The second-order valence-corrected chi connectivity index (χ2v) is 11.1. The summed E-state index contributed by atoms with van der Waals surface area (Å²) < 4.78 is 2.33. The third-order valence-corrected chi connectivity index (χ3v) is 5.80. The molecule has 2 nitrogen and oxygen atoms in total. The van der Waals surface area contributed by atoms with Gasteiger partial charge in [-0.15, -0.1) is 0 Å². The maximum atomic E-state index is 4.19. The molecule has 1 heterocycles. The molecule has 0 fully saturated rings. The van der Waals surface area contributed by atoms with E-state index < -0.39 is 8.07 Å². The molecular weight excluding hydrogens is 212 g/mol. The number of aromatic nitrogens is 2. The highest BCUT2D eigenvalue weighted by atomic mass is 28.3. The number of hydrogen-bond donors (Lipinski definition) is 0. The van der Waals surface area contributed by atoms with E-state index in [9.17, 15) is 0 Å². The number of imidazole rings is 1. The second kappa shape index (κ2) is 6.23. The SMILES string of the molecule is CCCCCCC(n1ccnc1)[Si](C)(C)C. The first-order valence-corrected chi connectivity index (χ1v) is 10.1. The zero-order chi connectivity index (χ0) is 12.0. The lowest BCUT2D eigenvalue weighted by Crippen LogP contribution is -2.34. The molecule has 0 aliphatic heterocycles. The monoisotopic (exact) mass is 238 g/mol. The van der Waals surface area contributed by atoms with E-state index in [2.05, 4.69) is 42.3 Å². The van der Waals surface area contributed by atoms with Gasteiger partial charge in [0, 0.05) is 18.1 Å². The van der Waals surface area contributed by atoms with Gasteiger partial charge in [-0.2, -0.15) is 0 Å². The van der Waals surface area contributed by atoms with E-state index in [0.29, 0.717) is 5.67 Å². The minimum Gasteiger partial charge on any atom is -0.337 e. The van der Waals surface area contributed by atoms with Gasteiger partial charge in [-0.05, 0) is 6.42 Å². The fraction of sp³-hybridized carbons (Fsp3) is 0.769. The van der Waals surface area contributed by atoms with Crippen molar-refractivity contribution in [2.75, 3.05) is 0 Å². The van der Waals surface area contributed by atoms with E-state index in [4.69, 9.17) is 0 Å². The molecule has 0 amide bonds. The molecule has 0 aromatic carbocycles. The lowest BCUT2D eigenvalue weighted by Gasteiger charge is -2.30. The summed E-state index contributed by atoms with van der Waals surface area (Å²) >= 11 is 0. The van der Waals surface area contributed by atoms with Crippen molar-refractivity contribution in [2.24, 2.45) is 0 Å². The van der Waals surface area contributed by atoms with Gasteiger partial charge in [0.05, 0.1) is 14.4 Å². The van der Waals surface area contributed by atoms with E-state index in [1.165, 1.54) is 32.1 Å². The minimum absolute atomic E-state index is 0.715. The van der Waals surface area contributed by atoms with Crippen LogP contribution < -0.4 is 0 Å².